The van der Waals surface area contributed by atoms with Crippen molar-refractivity contribution in [3.8, 4) is 5.69 Å². The number of rotatable bonds is 2. The standard InChI is InChI=1S/C23H21Cl2N5S/c24-16-6-3-7-17(19(16)25)30-13-18-21(28-30)27-22(31-18)29-10-8-23(9-11-29)12-14-4-1-2-5-15(14)20(23)26/h1-7,13,20H,8-12,26H2/t20-/m1/s1. The quantitative estimate of drug-likeness (QED) is 0.413. The first-order chi connectivity index (χ1) is 15.0. The highest BCUT2D eigenvalue weighted by Crippen LogP contribution is 2.51. The molecule has 4 aromatic rings. The lowest BCUT2D eigenvalue weighted by atomic mass is 9.73. The highest BCUT2D eigenvalue weighted by Gasteiger charge is 2.46. The number of hydrogen-bond donors (Lipinski definition) is 1. The van der Waals surface area contributed by atoms with Gasteiger partial charge in [0.1, 0.15) is 0 Å². The minimum absolute atomic E-state index is 0.131. The van der Waals surface area contributed by atoms with Gasteiger partial charge in [0.15, 0.2) is 10.8 Å². The molecule has 1 fully saturated rings. The fourth-order valence-corrected chi connectivity index (χ4v) is 6.44. The average Bonchev–Trinajstić information content (AvgIpc) is 3.42. The van der Waals surface area contributed by atoms with Gasteiger partial charge in [-0.2, -0.15) is 4.98 Å². The number of nitrogens with two attached hydrogens (primary N) is 1. The summed E-state index contributed by atoms with van der Waals surface area (Å²) in [6.07, 6.45) is 5.23. The molecule has 0 amide bonds. The van der Waals surface area contributed by atoms with Crippen molar-refractivity contribution in [2.24, 2.45) is 11.1 Å². The molecule has 2 aromatic carbocycles. The lowest BCUT2D eigenvalue weighted by molar-refractivity contribution is 0.187. The fourth-order valence-electron chi connectivity index (χ4n) is 5.09. The molecular weight excluding hydrogens is 449 g/mol. The van der Waals surface area contributed by atoms with Crippen molar-refractivity contribution < 1.29 is 0 Å². The number of fused-ring (bicyclic) bond motifs is 2. The van der Waals surface area contributed by atoms with Gasteiger partial charge < -0.3 is 10.6 Å². The Labute approximate surface area is 194 Å². The van der Waals surface area contributed by atoms with E-state index in [4.69, 9.17) is 33.9 Å². The van der Waals surface area contributed by atoms with Crippen LogP contribution in [0.3, 0.4) is 0 Å². The molecule has 1 aliphatic heterocycles. The van der Waals surface area contributed by atoms with E-state index < -0.39 is 0 Å². The van der Waals surface area contributed by atoms with Crippen molar-refractivity contribution in [3.05, 3.63) is 69.8 Å². The third kappa shape index (κ3) is 3.08. The zero-order chi connectivity index (χ0) is 21.2. The minimum Gasteiger partial charge on any atom is -0.348 e. The summed E-state index contributed by atoms with van der Waals surface area (Å²) in [4.78, 5) is 7.19. The van der Waals surface area contributed by atoms with Crippen LogP contribution in [0.5, 0.6) is 0 Å². The van der Waals surface area contributed by atoms with Gasteiger partial charge in [0, 0.05) is 19.1 Å². The molecule has 1 atom stereocenters. The Bertz CT molecular complexity index is 1260. The molecule has 1 aliphatic carbocycles. The minimum atomic E-state index is 0.131. The Balaban J connectivity index is 1.22. The second kappa shape index (κ2) is 7.20. The molecule has 5 nitrogen and oxygen atoms in total. The van der Waals surface area contributed by atoms with Gasteiger partial charge in [-0.1, -0.05) is 64.9 Å². The number of thiazole rings is 1. The van der Waals surface area contributed by atoms with Crippen LogP contribution in [0.4, 0.5) is 5.13 Å². The highest BCUT2D eigenvalue weighted by atomic mass is 35.5. The maximum Gasteiger partial charge on any atom is 0.194 e. The number of benzene rings is 2. The summed E-state index contributed by atoms with van der Waals surface area (Å²) < 4.78 is 2.79. The molecule has 0 saturated carbocycles. The van der Waals surface area contributed by atoms with Gasteiger partial charge in [-0.15, -0.1) is 5.10 Å². The van der Waals surface area contributed by atoms with Crippen LogP contribution in [0.25, 0.3) is 16.0 Å². The summed E-state index contributed by atoms with van der Waals surface area (Å²) >= 11 is 14.2. The molecule has 0 unspecified atom stereocenters. The van der Waals surface area contributed by atoms with Gasteiger partial charge in [-0.3, -0.25) is 0 Å². The molecular formula is C23H21Cl2N5S. The summed E-state index contributed by atoms with van der Waals surface area (Å²) in [6, 6.07) is 14.3. The van der Waals surface area contributed by atoms with Crippen LogP contribution in [0.1, 0.15) is 30.0 Å². The number of aromatic nitrogens is 3. The Hall–Kier alpha value is -2.12. The number of piperidine rings is 1. The lowest BCUT2D eigenvalue weighted by Crippen LogP contribution is -2.44. The summed E-state index contributed by atoms with van der Waals surface area (Å²) in [5, 5.41) is 6.68. The topological polar surface area (TPSA) is 60.0 Å². The largest absolute Gasteiger partial charge is 0.348 e. The van der Waals surface area contributed by atoms with Crippen LogP contribution in [0, 0.1) is 5.41 Å². The van der Waals surface area contributed by atoms with Gasteiger partial charge in [0.05, 0.1) is 26.6 Å². The third-order valence-corrected chi connectivity index (χ3v) is 8.71. The normalized spacial score (nSPS) is 20.0. The number of nitrogens with zero attached hydrogens (tertiary/aromatic N) is 4. The first-order valence-electron chi connectivity index (χ1n) is 10.4. The van der Waals surface area contributed by atoms with E-state index in [9.17, 15) is 0 Å². The van der Waals surface area contributed by atoms with Gasteiger partial charge in [-0.25, -0.2) is 4.68 Å². The monoisotopic (exact) mass is 469 g/mol. The summed E-state index contributed by atoms with van der Waals surface area (Å²) in [5.74, 6) is 0. The molecule has 0 bridgehead atoms. The Kier molecular flexibility index (Phi) is 4.54. The number of anilines is 1. The summed E-state index contributed by atoms with van der Waals surface area (Å²) in [5.41, 5.74) is 11.1. The molecule has 31 heavy (non-hydrogen) atoms. The zero-order valence-corrected chi connectivity index (χ0v) is 19.1. The van der Waals surface area contributed by atoms with Crippen LogP contribution in [0.15, 0.2) is 48.7 Å². The predicted octanol–water partition coefficient (Wildman–Crippen LogP) is 5.63. The molecule has 2 aromatic heterocycles. The SMILES string of the molecule is N[C@@H]1c2ccccc2CC12CCN(c1nc3nn(-c4cccc(Cl)c4Cl)cc3s1)CC2. The summed E-state index contributed by atoms with van der Waals surface area (Å²) in [6.45, 7) is 1.94. The van der Waals surface area contributed by atoms with Crippen LogP contribution in [-0.4, -0.2) is 27.9 Å². The van der Waals surface area contributed by atoms with E-state index in [0.29, 0.717) is 10.0 Å². The third-order valence-electron chi connectivity index (χ3n) is 6.87. The van der Waals surface area contributed by atoms with Crippen molar-refractivity contribution in [3.63, 3.8) is 0 Å². The average molecular weight is 470 g/mol. The molecule has 2 aliphatic rings. The lowest BCUT2D eigenvalue weighted by Gasteiger charge is -2.42. The smallest absolute Gasteiger partial charge is 0.194 e. The van der Waals surface area contributed by atoms with Crippen molar-refractivity contribution in [2.75, 3.05) is 18.0 Å². The van der Waals surface area contributed by atoms with Crippen LogP contribution in [-0.2, 0) is 6.42 Å². The Morgan fingerprint density at radius 1 is 1.06 bits per heavy atom. The Morgan fingerprint density at radius 2 is 1.87 bits per heavy atom. The van der Waals surface area contributed by atoms with Crippen molar-refractivity contribution in [1.82, 2.24) is 14.8 Å². The van der Waals surface area contributed by atoms with Crippen molar-refractivity contribution in [1.29, 1.82) is 0 Å². The summed E-state index contributed by atoms with van der Waals surface area (Å²) in [7, 11) is 0. The number of halogens is 2. The van der Waals surface area contributed by atoms with E-state index in [1.165, 1.54) is 11.1 Å². The van der Waals surface area contributed by atoms with E-state index >= 15 is 0 Å². The first-order valence-corrected chi connectivity index (χ1v) is 12.0. The zero-order valence-electron chi connectivity index (χ0n) is 16.8. The van der Waals surface area contributed by atoms with E-state index in [-0.39, 0.29) is 11.5 Å². The van der Waals surface area contributed by atoms with Gasteiger partial charge in [-0.05, 0) is 47.9 Å². The maximum atomic E-state index is 6.72. The first kappa shape index (κ1) is 19.6. The van der Waals surface area contributed by atoms with Gasteiger partial charge in [0.2, 0.25) is 0 Å². The highest BCUT2D eigenvalue weighted by molar-refractivity contribution is 7.22. The molecule has 2 N–H and O–H groups in total. The van der Waals surface area contributed by atoms with Gasteiger partial charge >= 0.3 is 0 Å². The van der Waals surface area contributed by atoms with Crippen LogP contribution >= 0.6 is 34.5 Å². The van der Waals surface area contributed by atoms with Crippen LogP contribution < -0.4 is 10.6 Å². The Morgan fingerprint density at radius 3 is 2.65 bits per heavy atom. The van der Waals surface area contributed by atoms with Crippen molar-refractivity contribution >= 4 is 50.0 Å². The van der Waals surface area contributed by atoms with E-state index in [0.717, 1.165) is 53.5 Å². The van der Waals surface area contributed by atoms with Gasteiger partial charge in [0.25, 0.3) is 0 Å². The molecule has 3 heterocycles. The molecule has 158 valence electrons. The second-order valence-electron chi connectivity index (χ2n) is 8.53. The predicted molar refractivity (Wildman–Crippen MR) is 128 cm³/mol. The molecule has 0 radical (unpaired) electrons. The maximum absolute atomic E-state index is 6.72. The van der Waals surface area contributed by atoms with E-state index in [2.05, 4.69) is 34.3 Å². The fraction of sp³-hybridized carbons (Fsp3) is 0.304. The second-order valence-corrected chi connectivity index (χ2v) is 10.3. The molecule has 1 saturated heterocycles. The molecule has 8 heteroatoms. The molecule has 6 rings (SSSR count). The van der Waals surface area contributed by atoms with Crippen molar-refractivity contribution in [2.45, 2.75) is 25.3 Å². The number of hydrogen-bond acceptors (Lipinski definition) is 5. The van der Waals surface area contributed by atoms with E-state index in [1.54, 1.807) is 22.1 Å². The van der Waals surface area contributed by atoms with E-state index in [1.807, 2.05) is 18.3 Å². The molecule has 1 spiro atoms. The van der Waals surface area contributed by atoms with Crippen LogP contribution in [0.2, 0.25) is 10.0 Å².